The molecule has 1 atom stereocenters. The molecule has 5 heteroatoms. The van der Waals surface area contributed by atoms with Crippen LogP contribution in [0.1, 0.15) is 12.5 Å². The van der Waals surface area contributed by atoms with Crippen LogP contribution in [0.3, 0.4) is 0 Å². The number of rotatable bonds is 4. The molecular formula is C22H32N4O. The molecule has 0 spiro atoms. The van der Waals surface area contributed by atoms with Crippen molar-refractivity contribution < 1.29 is 4.79 Å². The normalized spacial score (nSPS) is 19.9. The average molecular weight is 369 g/mol. The van der Waals surface area contributed by atoms with Crippen molar-refractivity contribution in [1.29, 1.82) is 0 Å². The number of aryl methyl sites for hydroxylation is 1. The van der Waals surface area contributed by atoms with E-state index >= 15 is 0 Å². The van der Waals surface area contributed by atoms with Crippen LogP contribution in [0.15, 0.2) is 53.6 Å². The standard InChI is InChI=1S/C14H20N2O.C8H12N2/c1-12-8-13(2-3-14(9-12)11-17)10-16-6-4-15-5-7-16;1-6-3-4-7(10-2)5-8(6)9/h2-3,8-9,11-12,15H,4-7,10H2,1H3;3-5,10H,9H2,1-2H3. The van der Waals surface area contributed by atoms with Crippen molar-refractivity contribution in [2.24, 2.45) is 5.92 Å². The minimum Gasteiger partial charge on any atom is -0.398 e. The quantitative estimate of drug-likeness (QED) is 0.563. The summed E-state index contributed by atoms with van der Waals surface area (Å²) >= 11 is 0. The summed E-state index contributed by atoms with van der Waals surface area (Å²) in [6, 6.07) is 5.93. The predicted molar refractivity (Wildman–Crippen MR) is 115 cm³/mol. The summed E-state index contributed by atoms with van der Waals surface area (Å²) in [4.78, 5) is 13.2. The van der Waals surface area contributed by atoms with E-state index < -0.39 is 0 Å². The number of aldehydes is 1. The van der Waals surface area contributed by atoms with Crippen LogP contribution < -0.4 is 16.4 Å². The number of allylic oxidation sites excluding steroid dienone is 4. The molecule has 146 valence electrons. The monoisotopic (exact) mass is 368 g/mol. The van der Waals surface area contributed by atoms with Crippen molar-refractivity contribution in [3.05, 3.63) is 59.2 Å². The van der Waals surface area contributed by atoms with E-state index in [0.29, 0.717) is 5.92 Å². The fraction of sp³-hybridized carbons (Fsp3) is 0.409. The Balaban J connectivity index is 0.000000223. The topological polar surface area (TPSA) is 70.4 Å². The van der Waals surface area contributed by atoms with Crippen LogP contribution in [0.2, 0.25) is 0 Å². The second kappa shape index (κ2) is 10.7. The molecule has 1 unspecified atom stereocenters. The summed E-state index contributed by atoms with van der Waals surface area (Å²) < 4.78 is 0. The van der Waals surface area contributed by atoms with Crippen molar-refractivity contribution in [3.63, 3.8) is 0 Å². The number of benzene rings is 1. The summed E-state index contributed by atoms with van der Waals surface area (Å²) in [5.74, 6) is 0.336. The Morgan fingerprint density at radius 1 is 1.26 bits per heavy atom. The van der Waals surface area contributed by atoms with Gasteiger partial charge >= 0.3 is 0 Å². The molecule has 4 N–H and O–H groups in total. The fourth-order valence-electron chi connectivity index (χ4n) is 3.11. The maximum atomic E-state index is 10.8. The zero-order valence-corrected chi connectivity index (χ0v) is 16.7. The molecule has 27 heavy (non-hydrogen) atoms. The first-order valence-corrected chi connectivity index (χ1v) is 9.54. The van der Waals surface area contributed by atoms with Gasteiger partial charge in [0.05, 0.1) is 0 Å². The minimum atomic E-state index is 0.336. The van der Waals surface area contributed by atoms with E-state index in [4.69, 9.17) is 5.73 Å². The summed E-state index contributed by atoms with van der Waals surface area (Å²) in [5, 5.41) is 6.37. The number of carbonyl (C=O) groups excluding carboxylic acids is 1. The number of hydrogen-bond acceptors (Lipinski definition) is 5. The van der Waals surface area contributed by atoms with E-state index in [1.54, 1.807) is 0 Å². The van der Waals surface area contributed by atoms with Crippen molar-refractivity contribution in [2.45, 2.75) is 13.8 Å². The Kier molecular flexibility index (Phi) is 8.30. The number of anilines is 2. The first-order chi connectivity index (χ1) is 13.0. The number of hydrogen-bond donors (Lipinski definition) is 3. The Labute approximate surface area is 163 Å². The van der Waals surface area contributed by atoms with Gasteiger partial charge in [-0.1, -0.05) is 37.3 Å². The summed E-state index contributed by atoms with van der Waals surface area (Å²) in [5.41, 5.74) is 10.8. The third-order valence-electron chi connectivity index (χ3n) is 4.74. The number of nitrogens with zero attached hydrogens (tertiary/aromatic N) is 1. The van der Waals surface area contributed by atoms with Crippen molar-refractivity contribution in [1.82, 2.24) is 10.2 Å². The predicted octanol–water partition coefficient (Wildman–Crippen LogP) is 2.77. The molecule has 1 aliphatic heterocycles. The van der Waals surface area contributed by atoms with Crippen LogP contribution in [-0.4, -0.2) is 51.0 Å². The first kappa shape index (κ1) is 20.9. The third kappa shape index (κ3) is 7.04. The van der Waals surface area contributed by atoms with Gasteiger partial charge in [-0.3, -0.25) is 9.69 Å². The molecule has 1 fully saturated rings. The van der Waals surface area contributed by atoms with Gasteiger partial charge in [-0.25, -0.2) is 0 Å². The lowest BCUT2D eigenvalue weighted by atomic mass is 10.1. The lowest BCUT2D eigenvalue weighted by Crippen LogP contribution is -2.44. The van der Waals surface area contributed by atoms with Crippen LogP contribution in [0.5, 0.6) is 0 Å². The number of nitrogens with two attached hydrogens (primary N) is 1. The van der Waals surface area contributed by atoms with E-state index in [9.17, 15) is 4.79 Å². The van der Waals surface area contributed by atoms with Crippen LogP contribution in [-0.2, 0) is 4.79 Å². The zero-order valence-electron chi connectivity index (χ0n) is 16.7. The van der Waals surface area contributed by atoms with Gasteiger partial charge in [-0.05, 0) is 36.1 Å². The highest BCUT2D eigenvalue weighted by Crippen LogP contribution is 2.16. The molecule has 5 nitrogen and oxygen atoms in total. The molecule has 0 bridgehead atoms. The molecule has 0 radical (unpaired) electrons. The van der Waals surface area contributed by atoms with Gasteiger partial charge in [0.25, 0.3) is 0 Å². The number of carbonyl (C=O) groups is 1. The Morgan fingerprint density at radius 2 is 2.00 bits per heavy atom. The van der Waals surface area contributed by atoms with Gasteiger partial charge in [-0.2, -0.15) is 0 Å². The van der Waals surface area contributed by atoms with Crippen LogP contribution in [0, 0.1) is 12.8 Å². The van der Waals surface area contributed by atoms with Crippen molar-refractivity contribution in [3.8, 4) is 0 Å². The van der Waals surface area contributed by atoms with Crippen molar-refractivity contribution >= 4 is 17.7 Å². The molecule has 1 saturated heterocycles. The number of nitrogens with one attached hydrogen (secondary N) is 2. The van der Waals surface area contributed by atoms with Gasteiger partial charge in [0.1, 0.15) is 6.29 Å². The Hall–Kier alpha value is -2.37. The first-order valence-electron chi connectivity index (χ1n) is 9.54. The zero-order chi connectivity index (χ0) is 19.6. The fourth-order valence-corrected chi connectivity index (χ4v) is 3.11. The molecule has 3 rings (SSSR count). The van der Waals surface area contributed by atoms with E-state index in [2.05, 4.69) is 34.6 Å². The largest absolute Gasteiger partial charge is 0.398 e. The van der Waals surface area contributed by atoms with Crippen molar-refractivity contribution in [2.75, 3.05) is 50.8 Å². The second-order valence-electron chi connectivity index (χ2n) is 7.07. The number of piperazine rings is 1. The van der Waals surface area contributed by atoms with E-state index in [0.717, 1.165) is 61.5 Å². The second-order valence-corrected chi connectivity index (χ2v) is 7.07. The highest BCUT2D eigenvalue weighted by Gasteiger charge is 2.11. The van der Waals surface area contributed by atoms with Gasteiger partial charge in [-0.15, -0.1) is 0 Å². The molecule has 1 heterocycles. The molecule has 1 aromatic rings. The third-order valence-corrected chi connectivity index (χ3v) is 4.74. The van der Waals surface area contributed by atoms with Gasteiger partial charge < -0.3 is 16.4 Å². The van der Waals surface area contributed by atoms with Crippen LogP contribution in [0.4, 0.5) is 11.4 Å². The molecule has 0 aromatic heterocycles. The molecule has 1 aliphatic carbocycles. The highest BCUT2D eigenvalue weighted by molar-refractivity contribution is 5.78. The van der Waals surface area contributed by atoms with Gasteiger partial charge in [0.15, 0.2) is 0 Å². The van der Waals surface area contributed by atoms with Crippen LogP contribution in [0.25, 0.3) is 0 Å². The molecule has 2 aliphatic rings. The molecular weight excluding hydrogens is 336 g/mol. The molecule has 0 saturated carbocycles. The molecule has 1 aromatic carbocycles. The number of nitrogen functional groups attached to an aromatic ring is 1. The average Bonchev–Trinajstić information content (AvgIpc) is 2.86. The van der Waals surface area contributed by atoms with E-state index in [1.165, 1.54) is 5.57 Å². The van der Waals surface area contributed by atoms with Gasteiger partial charge in [0, 0.05) is 56.7 Å². The Bertz CT molecular complexity index is 715. The highest BCUT2D eigenvalue weighted by atomic mass is 16.1. The van der Waals surface area contributed by atoms with E-state index in [-0.39, 0.29) is 0 Å². The minimum absolute atomic E-state index is 0.336. The summed E-state index contributed by atoms with van der Waals surface area (Å²) in [7, 11) is 1.88. The SMILES string of the molecule is CC1C=C(C=O)C=CC(CN2CCNCC2)=C1.CNc1ccc(C)c(N)c1. The lowest BCUT2D eigenvalue weighted by molar-refractivity contribution is -0.104. The lowest BCUT2D eigenvalue weighted by Gasteiger charge is -2.27. The molecule has 0 amide bonds. The summed E-state index contributed by atoms with van der Waals surface area (Å²) in [6.07, 6.45) is 9.17. The Morgan fingerprint density at radius 3 is 2.63 bits per heavy atom. The maximum Gasteiger partial charge on any atom is 0.149 e. The van der Waals surface area contributed by atoms with Gasteiger partial charge in [0.2, 0.25) is 0 Å². The van der Waals surface area contributed by atoms with E-state index in [1.807, 2.05) is 44.3 Å². The summed E-state index contributed by atoms with van der Waals surface area (Å²) in [6.45, 7) is 9.46. The van der Waals surface area contributed by atoms with Crippen LogP contribution >= 0.6 is 0 Å². The smallest absolute Gasteiger partial charge is 0.149 e. The maximum absolute atomic E-state index is 10.8.